The fourth-order valence-corrected chi connectivity index (χ4v) is 2.59. The van der Waals surface area contributed by atoms with Gasteiger partial charge >= 0.3 is 5.97 Å². The first-order chi connectivity index (χ1) is 9.70. The van der Waals surface area contributed by atoms with Crippen molar-refractivity contribution in [1.82, 2.24) is 19.7 Å². The zero-order valence-electron chi connectivity index (χ0n) is 11.5. The van der Waals surface area contributed by atoms with E-state index in [2.05, 4.69) is 19.7 Å². The lowest BCUT2D eigenvalue weighted by Gasteiger charge is -2.21. The summed E-state index contributed by atoms with van der Waals surface area (Å²) in [4.78, 5) is 16.0. The third-order valence-corrected chi connectivity index (χ3v) is 3.71. The van der Waals surface area contributed by atoms with Crippen LogP contribution in [0.2, 0.25) is 0 Å². The molecule has 0 amide bonds. The Morgan fingerprint density at radius 1 is 1.45 bits per heavy atom. The van der Waals surface area contributed by atoms with E-state index in [1.807, 2.05) is 19.1 Å². The summed E-state index contributed by atoms with van der Waals surface area (Å²) >= 11 is 0. The number of nitrogens with zero attached hydrogens (tertiary/aromatic N) is 4. The van der Waals surface area contributed by atoms with Crippen LogP contribution in [-0.4, -0.2) is 32.8 Å². The minimum absolute atomic E-state index is 0.116. The van der Waals surface area contributed by atoms with Crippen molar-refractivity contribution in [2.75, 3.05) is 7.11 Å². The number of ether oxygens (including phenoxy) is 1. The molecule has 0 saturated carbocycles. The molecule has 0 bridgehead atoms. The Balaban J connectivity index is 1.94. The van der Waals surface area contributed by atoms with Crippen LogP contribution in [0.4, 0.5) is 0 Å². The van der Waals surface area contributed by atoms with Gasteiger partial charge in [0.1, 0.15) is 11.5 Å². The molecule has 20 heavy (non-hydrogen) atoms. The molecule has 0 fully saturated rings. The van der Waals surface area contributed by atoms with Crippen LogP contribution < -0.4 is 0 Å². The Kier molecular flexibility index (Phi) is 3.22. The molecule has 0 aromatic carbocycles. The molecule has 0 saturated heterocycles. The summed E-state index contributed by atoms with van der Waals surface area (Å²) in [5.74, 6) is 1.32. The normalized spacial score (nSPS) is 17.6. The van der Waals surface area contributed by atoms with E-state index in [1.165, 1.54) is 7.11 Å². The van der Waals surface area contributed by atoms with Gasteiger partial charge in [0.05, 0.1) is 13.0 Å². The zero-order valence-corrected chi connectivity index (χ0v) is 11.5. The maximum atomic E-state index is 11.6. The summed E-state index contributed by atoms with van der Waals surface area (Å²) in [6, 6.07) is 3.91. The highest BCUT2D eigenvalue weighted by atomic mass is 16.5. The van der Waals surface area contributed by atoms with Gasteiger partial charge in [-0.3, -0.25) is 9.78 Å². The standard InChI is InChI=1S/C14H16N4O2/c1-9-4-3-6-15-12(9)13-17-16-11-8-10(14(19)20-2)5-7-18(11)13/h3-4,6,10H,5,7-8H2,1-2H3. The van der Waals surface area contributed by atoms with Gasteiger partial charge in [0.15, 0.2) is 5.82 Å². The quantitative estimate of drug-likeness (QED) is 0.772. The molecular formula is C14H16N4O2. The number of carbonyl (C=O) groups excluding carboxylic acids is 1. The first-order valence-electron chi connectivity index (χ1n) is 6.62. The van der Waals surface area contributed by atoms with E-state index >= 15 is 0 Å². The number of aromatic nitrogens is 4. The average molecular weight is 272 g/mol. The second kappa shape index (κ2) is 5.03. The topological polar surface area (TPSA) is 69.9 Å². The molecule has 0 N–H and O–H groups in total. The molecule has 1 atom stereocenters. The molecular weight excluding hydrogens is 256 g/mol. The molecule has 2 aromatic heterocycles. The van der Waals surface area contributed by atoms with Gasteiger partial charge in [0, 0.05) is 19.2 Å². The monoisotopic (exact) mass is 272 g/mol. The summed E-state index contributed by atoms with van der Waals surface area (Å²) in [5, 5.41) is 8.45. The predicted molar refractivity (Wildman–Crippen MR) is 71.8 cm³/mol. The lowest BCUT2D eigenvalue weighted by molar-refractivity contribution is -0.146. The van der Waals surface area contributed by atoms with Gasteiger partial charge in [0.2, 0.25) is 0 Å². The van der Waals surface area contributed by atoms with Crippen molar-refractivity contribution in [2.45, 2.75) is 26.3 Å². The molecule has 0 aliphatic carbocycles. The lowest BCUT2D eigenvalue weighted by Crippen LogP contribution is -2.27. The van der Waals surface area contributed by atoms with Crippen molar-refractivity contribution in [3.8, 4) is 11.5 Å². The summed E-state index contributed by atoms with van der Waals surface area (Å²) < 4.78 is 6.86. The van der Waals surface area contributed by atoms with Crippen LogP contribution in [0.15, 0.2) is 18.3 Å². The second-order valence-electron chi connectivity index (χ2n) is 4.97. The van der Waals surface area contributed by atoms with Gasteiger partial charge in [-0.2, -0.15) is 0 Å². The number of methoxy groups -OCH3 is 1. The highest BCUT2D eigenvalue weighted by Gasteiger charge is 2.29. The zero-order chi connectivity index (χ0) is 14.1. The van der Waals surface area contributed by atoms with Crippen LogP contribution in [0, 0.1) is 12.8 Å². The highest BCUT2D eigenvalue weighted by Crippen LogP contribution is 2.26. The minimum atomic E-state index is -0.171. The minimum Gasteiger partial charge on any atom is -0.469 e. The third-order valence-electron chi connectivity index (χ3n) is 3.71. The van der Waals surface area contributed by atoms with Crippen LogP contribution in [0.1, 0.15) is 17.8 Å². The number of pyridine rings is 1. The fraction of sp³-hybridized carbons (Fsp3) is 0.429. The van der Waals surface area contributed by atoms with E-state index < -0.39 is 0 Å². The largest absolute Gasteiger partial charge is 0.469 e. The summed E-state index contributed by atoms with van der Waals surface area (Å²) in [6.45, 7) is 2.72. The van der Waals surface area contributed by atoms with E-state index in [1.54, 1.807) is 6.20 Å². The number of rotatable bonds is 2. The maximum Gasteiger partial charge on any atom is 0.309 e. The van der Waals surface area contributed by atoms with Gasteiger partial charge in [-0.15, -0.1) is 10.2 Å². The smallest absolute Gasteiger partial charge is 0.309 e. The number of fused-ring (bicyclic) bond motifs is 1. The molecule has 3 rings (SSSR count). The molecule has 1 aliphatic rings. The van der Waals surface area contributed by atoms with Gasteiger partial charge in [0.25, 0.3) is 0 Å². The summed E-state index contributed by atoms with van der Waals surface area (Å²) in [5.41, 5.74) is 1.92. The molecule has 1 aliphatic heterocycles. The van der Waals surface area contributed by atoms with Gasteiger partial charge < -0.3 is 9.30 Å². The number of hydrogen-bond donors (Lipinski definition) is 0. The number of aryl methyl sites for hydroxylation is 1. The average Bonchev–Trinajstić information content (AvgIpc) is 2.90. The van der Waals surface area contributed by atoms with E-state index in [-0.39, 0.29) is 11.9 Å². The van der Waals surface area contributed by atoms with Gasteiger partial charge in [-0.05, 0) is 25.0 Å². The van der Waals surface area contributed by atoms with Crippen molar-refractivity contribution >= 4 is 5.97 Å². The number of esters is 1. The molecule has 104 valence electrons. The SMILES string of the molecule is COC(=O)C1CCn2c(nnc2-c2ncccc2C)C1. The van der Waals surface area contributed by atoms with E-state index in [0.29, 0.717) is 13.0 Å². The third kappa shape index (κ3) is 2.07. The van der Waals surface area contributed by atoms with E-state index in [0.717, 1.165) is 29.3 Å². The number of carbonyl (C=O) groups is 1. The first kappa shape index (κ1) is 12.8. The Morgan fingerprint density at radius 3 is 3.05 bits per heavy atom. The van der Waals surface area contributed by atoms with Crippen molar-refractivity contribution in [3.63, 3.8) is 0 Å². The molecule has 1 unspecified atom stereocenters. The van der Waals surface area contributed by atoms with E-state index in [4.69, 9.17) is 4.74 Å². The molecule has 3 heterocycles. The second-order valence-corrected chi connectivity index (χ2v) is 4.97. The van der Waals surface area contributed by atoms with Crippen LogP contribution in [0.25, 0.3) is 11.5 Å². The summed E-state index contributed by atoms with van der Waals surface area (Å²) in [6.07, 6.45) is 3.08. The van der Waals surface area contributed by atoms with Crippen molar-refractivity contribution in [3.05, 3.63) is 29.7 Å². The first-order valence-corrected chi connectivity index (χ1v) is 6.62. The highest BCUT2D eigenvalue weighted by molar-refractivity contribution is 5.72. The van der Waals surface area contributed by atoms with Crippen LogP contribution in [0.5, 0.6) is 0 Å². The molecule has 0 radical (unpaired) electrons. The maximum absolute atomic E-state index is 11.6. The van der Waals surface area contributed by atoms with E-state index in [9.17, 15) is 4.79 Å². The predicted octanol–water partition coefficient (Wildman–Crippen LogP) is 1.38. The Bertz CT molecular complexity index is 650. The molecule has 0 spiro atoms. The lowest BCUT2D eigenvalue weighted by atomic mass is 9.98. The Labute approximate surface area is 116 Å². The van der Waals surface area contributed by atoms with Crippen LogP contribution >= 0.6 is 0 Å². The Hall–Kier alpha value is -2.24. The molecule has 2 aromatic rings. The Morgan fingerprint density at radius 2 is 2.30 bits per heavy atom. The van der Waals surface area contributed by atoms with Crippen LogP contribution in [-0.2, 0) is 22.5 Å². The fourth-order valence-electron chi connectivity index (χ4n) is 2.59. The number of hydrogen-bond acceptors (Lipinski definition) is 5. The van der Waals surface area contributed by atoms with Gasteiger partial charge in [-0.25, -0.2) is 0 Å². The molecule has 6 nitrogen and oxygen atoms in total. The summed E-state index contributed by atoms with van der Waals surface area (Å²) in [7, 11) is 1.42. The van der Waals surface area contributed by atoms with Crippen molar-refractivity contribution in [2.24, 2.45) is 5.92 Å². The molecule has 6 heteroatoms. The van der Waals surface area contributed by atoms with Gasteiger partial charge in [-0.1, -0.05) is 6.07 Å². The van der Waals surface area contributed by atoms with Crippen molar-refractivity contribution < 1.29 is 9.53 Å². The van der Waals surface area contributed by atoms with Crippen molar-refractivity contribution in [1.29, 1.82) is 0 Å². The van der Waals surface area contributed by atoms with Crippen LogP contribution in [0.3, 0.4) is 0 Å².